The summed E-state index contributed by atoms with van der Waals surface area (Å²) in [6.07, 6.45) is 0.774. The van der Waals surface area contributed by atoms with Crippen LogP contribution < -0.4 is 10.1 Å². The van der Waals surface area contributed by atoms with Crippen molar-refractivity contribution in [1.29, 1.82) is 0 Å². The highest BCUT2D eigenvalue weighted by molar-refractivity contribution is 5.93. The molecule has 3 aromatic rings. The Balaban J connectivity index is 1.76. The highest BCUT2D eigenvalue weighted by Gasteiger charge is 2.22. The Labute approximate surface area is 159 Å². The summed E-state index contributed by atoms with van der Waals surface area (Å²) in [5.41, 5.74) is 3.19. The first-order chi connectivity index (χ1) is 13.1. The third kappa shape index (κ3) is 4.34. The van der Waals surface area contributed by atoms with Crippen LogP contribution in [0.5, 0.6) is 5.75 Å². The number of nitrogens with zero attached hydrogens (tertiary/aromatic N) is 3. The molecule has 0 aliphatic heterocycles. The number of amides is 1. The molecule has 0 atom stereocenters. The minimum Gasteiger partial charge on any atom is -0.497 e. The van der Waals surface area contributed by atoms with Crippen LogP contribution >= 0.6 is 0 Å². The number of hydrogen-bond acceptors (Lipinski definition) is 4. The van der Waals surface area contributed by atoms with Crippen molar-refractivity contribution < 1.29 is 9.53 Å². The molecule has 1 amide bonds. The fourth-order valence-electron chi connectivity index (χ4n) is 2.93. The van der Waals surface area contributed by atoms with Gasteiger partial charge in [-0.25, -0.2) is 4.68 Å². The molecular weight excluding hydrogens is 340 g/mol. The van der Waals surface area contributed by atoms with Crippen molar-refractivity contribution in [3.05, 3.63) is 71.5 Å². The summed E-state index contributed by atoms with van der Waals surface area (Å²) in [6, 6.07) is 17.6. The highest BCUT2D eigenvalue weighted by atomic mass is 16.5. The lowest BCUT2D eigenvalue weighted by Gasteiger charge is -2.11. The summed E-state index contributed by atoms with van der Waals surface area (Å²) in [6.45, 7) is 4.61. The van der Waals surface area contributed by atoms with Gasteiger partial charge in [-0.2, -0.15) is 0 Å². The molecule has 6 heteroatoms. The molecule has 0 saturated heterocycles. The average Bonchev–Trinajstić information content (AvgIpc) is 3.14. The van der Waals surface area contributed by atoms with Crippen molar-refractivity contribution in [1.82, 2.24) is 20.3 Å². The standard InChI is InChI=1S/C21H24N4O2/c1-15(2)20-19(21(26)22-14-13-16-7-5-4-6-8-16)23-24-25(20)17-9-11-18(27-3)12-10-17/h4-12,15H,13-14H2,1-3H3,(H,22,26). The lowest BCUT2D eigenvalue weighted by Crippen LogP contribution is -2.27. The predicted octanol–water partition coefficient (Wildman–Crippen LogP) is 3.37. The Morgan fingerprint density at radius 3 is 2.44 bits per heavy atom. The van der Waals surface area contributed by atoms with Gasteiger partial charge in [0.25, 0.3) is 5.91 Å². The lowest BCUT2D eigenvalue weighted by atomic mass is 10.1. The highest BCUT2D eigenvalue weighted by Crippen LogP contribution is 2.23. The van der Waals surface area contributed by atoms with Gasteiger partial charge in [0.05, 0.1) is 18.5 Å². The van der Waals surface area contributed by atoms with Crippen molar-refractivity contribution in [3.63, 3.8) is 0 Å². The summed E-state index contributed by atoms with van der Waals surface area (Å²) < 4.78 is 6.92. The van der Waals surface area contributed by atoms with Crippen LogP contribution in [-0.2, 0) is 6.42 Å². The molecular formula is C21H24N4O2. The maximum Gasteiger partial charge on any atom is 0.273 e. The number of rotatable bonds is 7. The molecule has 0 radical (unpaired) electrons. The summed E-state index contributed by atoms with van der Waals surface area (Å²) in [7, 11) is 1.63. The Hall–Kier alpha value is -3.15. The fourth-order valence-corrected chi connectivity index (χ4v) is 2.93. The van der Waals surface area contributed by atoms with Gasteiger partial charge >= 0.3 is 0 Å². The molecule has 3 rings (SSSR count). The first kappa shape index (κ1) is 18.6. The van der Waals surface area contributed by atoms with Crippen LogP contribution in [0.4, 0.5) is 0 Å². The molecule has 6 nitrogen and oxygen atoms in total. The molecule has 0 unspecified atom stereocenters. The number of hydrogen-bond donors (Lipinski definition) is 1. The van der Waals surface area contributed by atoms with E-state index in [4.69, 9.17) is 4.74 Å². The van der Waals surface area contributed by atoms with Gasteiger partial charge in [-0.3, -0.25) is 4.79 Å². The zero-order valence-electron chi connectivity index (χ0n) is 15.8. The Bertz CT molecular complexity index is 886. The molecule has 0 spiro atoms. The third-order valence-corrected chi connectivity index (χ3v) is 4.33. The van der Waals surface area contributed by atoms with E-state index in [9.17, 15) is 4.79 Å². The average molecular weight is 364 g/mol. The van der Waals surface area contributed by atoms with E-state index in [-0.39, 0.29) is 11.8 Å². The monoisotopic (exact) mass is 364 g/mol. The minimum absolute atomic E-state index is 0.0944. The molecule has 1 heterocycles. The Morgan fingerprint density at radius 1 is 1.11 bits per heavy atom. The number of carbonyl (C=O) groups excluding carboxylic acids is 1. The summed E-state index contributed by atoms with van der Waals surface area (Å²) in [5.74, 6) is 0.662. The molecule has 2 aromatic carbocycles. The summed E-state index contributed by atoms with van der Waals surface area (Å²) >= 11 is 0. The normalized spacial score (nSPS) is 10.8. The molecule has 27 heavy (non-hydrogen) atoms. The second kappa shape index (κ2) is 8.49. The number of carbonyl (C=O) groups is 1. The van der Waals surface area contributed by atoms with Crippen molar-refractivity contribution in [2.24, 2.45) is 0 Å². The second-order valence-corrected chi connectivity index (χ2v) is 6.58. The number of aromatic nitrogens is 3. The Kier molecular flexibility index (Phi) is 5.86. The maximum absolute atomic E-state index is 12.7. The van der Waals surface area contributed by atoms with Crippen LogP contribution in [0.25, 0.3) is 5.69 Å². The van der Waals surface area contributed by atoms with Gasteiger partial charge in [0, 0.05) is 6.54 Å². The van der Waals surface area contributed by atoms with E-state index in [2.05, 4.69) is 15.6 Å². The number of nitrogens with one attached hydrogen (secondary N) is 1. The quantitative estimate of drug-likeness (QED) is 0.698. The third-order valence-electron chi connectivity index (χ3n) is 4.33. The van der Waals surface area contributed by atoms with E-state index >= 15 is 0 Å². The van der Waals surface area contributed by atoms with Gasteiger partial charge in [0.2, 0.25) is 0 Å². The maximum atomic E-state index is 12.7. The Morgan fingerprint density at radius 2 is 1.81 bits per heavy atom. The predicted molar refractivity (Wildman–Crippen MR) is 104 cm³/mol. The zero-order valence-corrected chi connectivity index (χ0v) is 15.8. The number of benzene rings is 2. The molecule has 0 saturated carbocycles. The van der Waals surface area contributed by atoms with E-state index < -0.39 is 0 Å². The van der Waals surface area contributed by atoms with Crippen molar-refractivity contribution in [2.75, 3.05) is 13.7 Å². The van der Waals surface area contributed by atoms with Gasteiger partial charge in [-0.05, 0) is 42.2 Å². The van der Waals surface area contributed by atoms with E-state index in [1.807, 2.05) is 68.4 Å². The van der Waals surface area contributed by atoms with Gasteiger partial charge in [-0.15, -0.1) is 5.10 Å². The molecule has 0 bridgehead atoms. The van der Waals surface area contributed by atoms with E-state index in [1.165, 1.54) is 5.56 Å². The van der Waals surface area contributed by atoms with Crippen LogP contribution in [0, 0.1) is 0 Å². The van der Waals surface area contributed by atoms with Gasteiger partial charge in [-0.1, -0.05) is 49.4 Å². The summed E-state index contributed by atoms with van der Waals surface area (Å²) in [4.78, 5) is 12.7. The minimum atomic E-state index is -0.200. The molecule has 0 aliphatic rings. The number of methoxy groups -OCH3 is 1. The lowest BCUT2D eigenvalue weighted by molar-refractivity contribution is 0.0947. The van der Waals surface area contributed by atoms with Crippen molar-refractivity contribution in [3.8, 4) is 11.4 Å². The van der Waals surface area contributed by atoms with Crippen LogP contribution in [0.2, 0.25) is 0 Å². The number of ether oxygens (including phenoxy) is 1. The zero-order chi connectivity index (χ0) is 19.2. The van der Waals surface area contributed by atoms with Crippen LogP contribution in [-0.4, -0.2) is 34.6 Å². The second-order valence-electron chi connectivity index (χ2n) is 6.58. The van der Waals surface area contributed by atoms with Crippen molar-refractivity contribution in [2.45, 2.75) is 26.2 Å². The van der Waals surface area contributed by atoms with Crippen LogP contribution in [0.1, 0.15) is 41.5 Å². The first-order valence-electron chi connectivity index (χ1n) is 9.02. The first-order valence-corrected chi connectivity index (χ1v) is 9.02. The van der Waals surface area contributed by atoms with Gasteiger partial charge in [0.1, 0.15) is 5.75 Å². The van der Waals surface area contributed by atoms with E-state index in [1.54, 1.807) is 11.8 Å². The molecule has 0 aliphatic carbocycles. The van der Waals surface area contributed by atoms with E-state index in [0.717, 1.165) is 23.6 Å². The van der Waals surface area contributed by atoms with Gasteiger partial charge < -0.3 is 10.1 Å². The van der Waals surface area contributed by atoms with Crippen LogP contribution in [0.3, 0.4) is 0 Å². The SMILES string of the molecule is COc1ccc(-n2nnc(C(=O)NCCc3ccccc3)c2C(C)C)cc1. The molecule has 140 valence electrons. The molecule has 0 fully saturated rings. The molecule has 1 N–H and O–H groups in total. The topological polar surface area (TPSA) is 69.0 Å². The molecule has 1 aromatic heterocycles. The van der Waals surface area contributed by atoms with Crippen LogP contribution in [0.15, 0.2) is 54.6 Å². The smallest absolute Gasteiger partial charge is 0.273 e. The van der Waals surface area contributed by atoms with Gasteiger partial charge in [0.15, 0.2) is 5.69 Å². The summed E-state index contributed by atoms with van der Waals surface area (Å²) in [5, 5.41) is 11.3. The van der Waals surface area contributed by atoms with Crippen molar-refractivity contribution >= 4 is 5.91 Å². The fraction of sp³-hybridized carbons (Fsp3) is 0.286. The van der Waals surface area contributed by atoms with E-state index in [0.29, 0.717) is 12.2 Å². The largest absolute Gasteiger partial charge is 0.497 e.